The Morgan fingerprint density at radius 3 is 2.51 bits per heavy atom. The number of aromatic nitrogens is 3. The number of hydrogen-bond donors (Lipinski definition) is 1. The smallest absolute Gasteiger partial charge is 0.306 e. The van der Waals surface area contributed by atoms with Gasteiger partial charge in [-0.05, 0) is 44.0 Å². The van der Waals surface area contributed by atoms with Crippen molar-refractivity contribution < 1.29 is 23.2 Å². The Kier molecular flexibility index (Phi) is 8.39. The van der Waals surface area contributed by atoms with Crippen LogP contribution in [0, 0.1) is 27.7 Å². The summed E-state index contributed by atoms with van der Waals surface area (Å²) in [6.45, 7) is 7.94. The lowest BCUT2D eigenvalue weighted by molar-refractivity contribution is -0.387. The van der Waals surface area contributed by atoms with E-state index in [2.05, 4.69) is 15.5 Å². The first-order valence-corrected chi connectivity index (χ1v) is 11.7. The number of anilines is 1. The summed E-state index contributed by atoms with van der Waals surface area (Å²) in [6, 6.07) is 9.20. The summed E-state index contributed by atoms with van der Waals surface area (Å²) in [6.07, 6.45) is -0.614. The third-order valence-electron chi connectivity index (χ3n) is 4.86. The van der Waals surface area contributed by atoms with E-state index >= 15 is 0 Å². The summed E-state index contributed by atoms with van der Waals surface area (Å²) in [7, 11) is 0. The number of nitro benzene ring substituents is 1. The van der Waals surface area contributed by atoms with Gasteiger partial charge in [0.2, 0.25) is 11.7 Å². The van der Waals surface area contributed by atoms with E-state index in [0.29, 0.717) is 17.5 Å². The third kappa shape index (κ3) is 6.53. The molecule has 9 nitrogen and oxygen atoms in total. The molecule has 1 heterocycles. The summed E-state index contributed by atoms with van der Waals surface area (Å²) in [4.78, 5) is 22.8. The van der Waals surface area contributed by atoms with E-state index in [1.54, 1.807) is 26.0 Å². The third-order valence-corrected chi connectivity index (χ3v) is 5.94. The Bertz CT molecular complexity index is 1220. The Morgan fingerprint density at radius 1 is 1.14 bits per heavy atom. The van der Waals surface area contributed by atoms with Crippen molar-refractivity contribution in [3.8, 4) is 5.75 Å². The van der Waals surface area contributed by atoms with Gasteiger partial charge < -0.3 is 14.6 Å². The molecule has 0 aliphatic heterocycles. The van der Waals surface area contributed by atoms with Gasteiger partial charge in [-0.25, -0.2) is 4.39 Å². The molecule has 3 aromatic rings. The maximum atomic E-state index is 14.0. The van der Waals surface area contributed by atoms with Crippen molar-refractivity contribution in [3.05, 3.63) is 70.0 Å². The van der Waals surface area contributed by atoms with Gasteiger partial charge in [0.05, 0.1) is 10.2 Å². The minimum absolute atomic E-state index is 0.0921. The average Bonchev–Trinajstić information content (AvgIpc) is 3.17. The van der Waals surface area contributed by atoms with Crippen molar-refractivity contribution in [1.82, 2.24) is 14.8 Å². The van der Waals surface area contributed by atoms with Crippen LogP contribution in [0.2, 0.25) is 0 Å². The number of para-hydroxylation sites is 1. The number of rotatable bonds is 10. The molecule has 0 fully saturated rings. The van der Waals surface area contributed by atoms with Gasteiger partial charge in [0.15, 0.2) is 28.7 Å². The minimum Gasteiger partial charge on any atom is -0.480 e. The first kappa shape index (κ1) is 26.1. The summed E-state index contributed by atoms with van der Waals surface area (Å²) < 4.78 is 35.2. The fourth-order valence-corrected chi connectivity index (χ4v) is 4.06. The summed E-state index contributed by atoms with van der Waals surface area (Å²) in [5, 5.41) is 21.8. The highest BCUT2D eigenvalue weighted by atomic mass is 32.2. The van der Waals surface area contributed by atoms with Crippen LogP contribution in [0.3, 0.4) is 0 Å². The minimum atomic E-state index is -0.989. The van der Waals surface area contributed by atoms with Crippen molar-refractivity contribution in [2.75, 3.05) is 5.32 Å². The first-order chi connectivity index (χ1) is 16.6. The Labute approximate surface area is 205 Å². The van der Waals surface area contributed by atoms with E-state index in [1.165, 1.54) is 18.2 Å². The zero-order chi connectivity index (χ0) is 25.7. The van der Waals surface area contributed by atoms with Crippen molar-refractivity contribution >= 4 is 29.0 Å². The van der Waals surface area contributed by atoms with Gasteiger partial charge in [-0.15, -0.1) is 10.2 Å². The van der Waals surface area contributed by atoms with E-state index in [0.717, 1.165) is 23.9 Å². The van der Waals surface area contributed by atoms with Gasteiger partial charge in [0, 0.05) is 18.3 Å². The standard InChI is InChI=1S/C23H25F2N5O4S/c1-13(2)12-29-21(14(3)34-20-8-6-5-7-18(20)25)27-28-23(29)35-15(4)22(31)26-16-9-10-17(24)19(11-16)30(32)33/h5-11,13-15H,12H2,1-4H3,(H,26,31). The lowest BCUT2D eigenvalue weighted by Crippen LogP contribution is -2.23. The summed E-state index contributed by atoms with van der Waals surface area (Å²) in [5.74, 6) is -1.15. The van der Waals surface area contributed by atoms with Crippen LogP contribution in [0.4, 0.5) is 20.2 Å². The Balaban J connectivity index is 1.77. The van der Waals surface area contributed by atoms with E-state index < -0.39 is 39.5 Å². The maximum Gasteiger partial charge on any atom is 0.306 e. The second kappa shape index (κ2) is 11.3. The highest BCUT2D eigenvalue weighted by Crippen LogP contribution is 2.29. The fourth-order valence-electron chi connectivity index (χ4n) is 3.19. The quantitative estimate of drug-likeness (QED) is 0.224. The van der Waals surface area contributed by atoms with Crippen molar-refractivity contribution in [2.24, 2.45) is 5.92 Å². The number of nitro groups is 1. The van der Waals surface area contributed by atoms with Gasteiger partial charge in [-0.3, -0.25) is 14.9 Å². The average molecular weight is 506 g/mol. The molecule has 35 heavy (non-hydrogen) atoms. The van der Waals surface area contributed by atoms with E-state index in [9.17, 15) is 23.7 Å². The van der Waals surface area contributed by atoms with Crippen molar-refractivity contribution in [3.63, 3.8) is 0 Å². The van der Waals surface area contributed by atoms with E-state index in [-0.39, 0.29) is 17.4 Å². The molecule has 2 unspecified atom stereocenters. The van der Waals surface area contributed by atoms with Crippen LogP contribution in [-0.4, -0.2) is 30.8 Å². The SMILES string of the molecule is CC(C)Cn1c(SC(C)C(=O)Nc2ccc(F)c([N+](=O)[O-])c2)nnc1C(C)Oc1ccccc1F. The van der Waals surface area contributed by atoms with Crippen LogP contribution in [-0.2, 0) is 11.3 Å². The number of ether oxygens (including phenoxy) is 1. The molecule has 0 saturated carbocycles. The molecule has 3 rings (SSSR count). The van der Waals surface area contributed by atoms with Crippen LogP contribution < -0.4 is 10.1 Å². The fraction of sp³-hybridized carbons (Fsp3) is 0.348. The lowest BCUT2D eigenvalue weighted by Gasteiger charge is -2.19. The molecule has 0 saturated heterocycles. The monoisotopic (exact) mass is 505 g/mol. The van der Waals surface area contributed by atoms with Crippen LogP contribution in [0.5, 0.6) is 5.75 Å². The highest BCUT2D eigenvalue weighted by molar-refractivity contribution is 8.00. The molecule has 186 valence electrons. The number of hydrogen-bond acceptors (Lipinski definition) is 7. The van der Waals surface area contributed by atoms with E-state index in [1.807, 2.05) is 18.4 Å². The Morgan fingerprint density at radius 2 is 1.86 bits per heavy atom. The van der Waals surface area contributed by atoms with Crippen LogP contribution in [0.15, 0.2) is 47.6 Å². The molecule has 0 radical (unpaired) electrons. The number of amides is 1. The largest absolute Gasteiger partial charge is 0.480 e. The molecular weight excluding hydrogens is 480 g/mol. The van der Waals surface area contributed by atoms with Gasteiger partial charge in [0.1, 0.15) is 0 Å². The number of nitrogens with zero attached hydrogens (tertiary/aromatic N) is 4. The number of benzene rings is 2. The molecule has 0 spiro atoms. The van der Waals surface area contributed by atoms with Gasteiger partial charge in [-0.2, -0.15) is 4.39 Å². The number of carbonyl (C=O) groups excluding carboxylic acids is 1. The summed E-state index contributed by atoms with van der Waals surface area (Å²) in [5.41, 5.74) is -0.625. The van der Waals surface area contributed by atoms with E-state index in [4.69, 9.17) is 4.74 Å². The van der Waals surface area contributed by atoms with Gasteiger partial charge >= 0.3 is 5.69 Å². The zero-order valence-electron chi connectivity index (χ0n) is 19.6. The molecule has 1 aromatic heterocycles. The molecule has 1 N–H and O–H groups in total. The van der Waals surface area contributed by atoms with Gasteiger partial charge in [-0.1, -0.05) is 37.7 Å². The van der Waals surface area contributed by atoms with Crippen molar-refractivity contribution in [1.29, 1.82) is 0 Å². The van der Waals surface area contributed by atoms with Crippen LogP contribution in [0.25, 0.3) is 0 Å². The molecule has 0 aliphatic carbocycles. The van der Waals surface area contributed by atoms with Crippen molar-refractivity contribution in [2.45, 2.75) is 50.8 Å². The maximum absolute atomic E-state index is 14.0. The molecule has 2 atom stereocenters. The molecule has 0 aliphatic rings. The lowest BCUT2D eigenvalue weighted by atomic mass is 10.2. The molecular formula is C23H25F2N5O4S. The number of thioether (sulfide) groups is 1. The predicted octanol–water partition coefficient (Wildman–Crippen LogP) is 5.38. The second-order valence-corrected chi connectivity index (χ2v) is 9.52. The highest BCUT2D eigenvalue weighted by Gasteiger charge is 2.25. The number of carbonyl (C=O) groups is 1. The number of nitrogens with one attached hydrogen (secondary N) is 1. The molecule has 0 bridgehead atoms. The van der Waals surface area contributed by atoms with Gasteiger partial charge in [0.25, 0.3) is 0 Å². The number of halogens is 2. The molecule has 2 aromatic carbocycles. The van der Waals surface area contributed by atoms with Crippen LogP contribution in [0.1, 0.15) is 39.6 Å². The predicted molar refractivity (Wildman–Crippen MR) is 127 cm³/mol. The summed E-state index contributed by atoms with van der Waals surface area (Å²) >= 11 is 1.14. The normalized spacial score (nSPS) is 12.9. The van der Waals surface area contributed by atoms with Crippen LogP contribution >= 0.6 is 11.8 Å². The molecule has 12 heteroatoms. The molecule has 1 amide bonds. The topological polar surface area (TPSA) is 112 Å². The zero-order valence-corrected chi connectivity index (χ0v) is 20.4. The first-order valence-electron chi connectivity index (χ1n) is 10.8. The second-order valence-electron chi connectivity index (χ2n) is 8.21. The Hall–Kier alpha value is -3.54.